The highest BCUT2D eigenvalue weighted by atomic mass is 16.5. The van der Waals surface area contributed by atoms with Gasteiger partial charge < -0.3 is 24.1 Å². The van der Waals surface area contributed by atoms with E-state index in [1.165, 1.54) is 37.7 Å². The zero-order valence-electron chi connectivity index (χ0n) is 21.2. The van der Waals surface area contributed by atoms with Gasteiger partial charge in [0, 0.05) is 25.1 Å². The fourth-order valence-corrected chi connectivity index (χ4v) is 4.61. The summed E-state index contributed by atoms with van der Waals surface area (Å²) in [5.41, 5.74) is 3.64. The molecule has 7 nitrogen and oxygen atoms in total. The van der Waals surface area contributed by atoms with Crippen molar-refractivity contribution in [1.29, 1.82) is 0 Å². The maximum Gasteiger partial charge on any atom is 0.251 e. The predicted molar refractivity (Wildman–Crippen MR) is 145 cm³/mol. The van der Waals surface area contributed by atoms with Crippen molar-refractivity contribution in [2.24, 2.45) is 0 Å². The van der Waals surface area contributed by atoms with Crippen molar-refractivity contribution < 1.29 is 19.0 Å². The summed E-state index contributed by atoms with van der Waals surface area (Å²) in [5.74, 6) is 2.01. The van der Waals surface area contributed by atoms with Crippen LogP contribution in [0.4, 0.5) is 0 Å². The molecule has 0 saturated carbocycles. The molecule has 0 aliphatic carbocycles. The first-order valence-electron chi connectivity index (χ1n) is 12.1. The second-order valence-electron chi connectivity index (χ2n) is 8.70. The van der Waals surface area contributed by atoms with Crippen LogP contribution < -0.4 is 19.5 Å². The molecule has 0 unspecified atom stereocenters. The molecule has 188 valence electrons. The molecule has 0 aliphatic heterocycles. The van der Waals surface area contributed by atoms with Crippen molar-refractivity contribution in [2.75, 3.05) is 27.9 Å². The van der Waals surface area contributed by atoms with Gasteiger partial charge in [-0.1, -0.05) is 48.5 Å². The molecule has 0 radical (unpaired) electrons. The summed E-state index contributed by atoms with van der Waals surface area (Å²) in [5, 5.41) is 5.43. The molecule has 1 heterocycles. The number of methoxy groups -OCH3 is 3. The van der Waals surface area contributed by atoms with Crippen molar-refractivity contribution in [3.8, 4) is 17.2 Å². The van der Waals surface area contributed by atoms with Crippen LogP contribution in [0.15, 0.2) is 78.9 Å². The maximum absolute atomic E-state index is 13.0. The minimum atomic E-state index is -0.226. The molecule has 4 aromatic carbocycles. The summed E-state index contributed by atoms with van der Waals surface area (Å²) < 4.78 is 18.3. The number of amides is 1. The molecule has 0 bridgehead atoms. The molecule has 5 aromatic rings. The molecule has 0 fully saturated rings. The van der Waals surface area contributed by atoms with Crippen LogP contribution in [0, 0.1) is 0 Å². The minimum absolute atomic E-state index is 0.226. The van der Waals surface area contributed by atoms with E-state index >= 15 is 0 Å². The average Bonchev–Trinajstić information content (AvgIpc) is 3.28. The molecule has 1 amide bonds. The number of para-hydroxylation sites is 2. The number of nitrogens with one attached hydrogen (secondary N) is 1. The summed E-state index contributed by atoms with van der Waals surface area (Å²) >= 11 is 0. The summed E-state index contributed by atoms with van der Waals surface area (Å²) in [7, 11) is 4.59. The first-order chi connectivity index (χ1) is 18.1. The van der Waals surface area contributed by atoms with E-state index < -0.39 is 0 Å². The first-order valence-corrected chi connectivity index (χ1v) is 12.1. The quantitative estimate of drug-likeness (QED) is 0.303. The predicted octanol–water partition coefficient (Wildman–Crippen LogP) is 5.24. The van der Waals surface area contributed by atoms with Gasteiger partial charge in [0.1, 0.15) is 5.82 Å². The Kier molecular flexibility index (Phi) is 6.94. The van der Waals surface area contributed by atoms with Crippen LogP contribution in [0.3, 0.4) is 0 Å². The minimum Gasteiger partial charge on any atom is -0.493 e. The van der Waals surface area contributed by atoms with Gasteiger partial charge in [-0.25, -0.2) is 4.98 Å². The van der Waals surface area contributed by atoms with Crippen LogP contribution in [0.1, 0.15) is 21.7 Å². The van der Waals surface area contributed by atoms with Gasteiger partial charge in [0.05, 0.1) is 32.4 Å². The number of hydrogen-bond donors (Lipinski definition) is 1. The molecule has 7 heteroatoms. The molecule has 5 rings (SSSR count). The molecular formula is C30H29N3O4. The van der Waals surface area contributed by atoms with E-state index in [0.29, 0.717) is 42.3 Å². The molecule has 1 aromatic heterocycles. The van der Waals surface area contributed by atoms with Crippen LogP contribution in [0.5, 0.6) is 17.2 Å². The Morgan fingerprint density at radius 2 is 1.54 bits per heavy atom. The Bertz CT molecular complexity index is 1550. The van der Waals surface area contributed by atoms with Crippen LogP contribution >= 0.6 is 0 Å². The van der Waals surface area contributed by atoms with Gasteiger partial charge in [0.2, 0.25) is 5.75 Å². The van der Waals surface area contributed by atoms with Gasteiger partial charge in [-0.15, -0.1) is 0 Å². The van der Waals surface area contributed by atoms with Crippen LogP contribution in [-0.2, 0) is 13.0 Å². The zero-order chi connectivity index (χ0) is 25.8. The second kappa shape index (κ2) is 10.6. The number of carbonyl (C=O) groups is 1. The third-order valence-electron chi connectivity index (χ3n) is 6.45. The van der Waals surface area contributed by atoms with Crippen molar-refractivity contribution >= 4 is 27.7 Å². The molecule has 0 aliphatic rings. The molecular weight excluding hydrogens is 466 g/mol. The Balaban J connectivity index is 1.36. The lowest BCUT2D eigenvalue weighted by Gasteiger charge is -2.14. The Morgan fingerprint density at radius 3 is 2.27 bits per heavy atom. The van der Waals surface area contributed by atoms with E-state index in [2.05, 4.69) is 58.4 Å². The lowest BCUT2D eigenvalue weighted by atomic mass is 10.1. The molecule has 37 heavy (non-hydrogen) atoms. The highest BCUT2D eigenvalue weighted by molar-refractivity contribution is 5.95. The number of imidazole rings is 1. The highest BCUT2D eigenvalue weighted by Crippen LogP contribution is 2.38. The number of fused-ring (bicyclic) bond motifs is 2. The van der Waals surface area contributed by atoms with Gasteiger partial charge >= 0.3 is 0 Å². The lowest BCUT2D eigenvalue weighted by molar-refractivity contribution is 0.0953. The largest absolute Gasteiger partial charge is 0.493 e. The number of benzene rings is 4. The topological polar surface area (TPSA) is 74.6 Å². The van der Waals surface area contributed by atoms with E-state index in [0.717, 1.165) is 16.9 Å². The Hall–Kier alpha value is -4.52. The Morgan fingerprint density at radius 1 is 0.838 bits per heavy atom. The monoisotopic (exact) mass is 495 g/mol. The number of aromatic nitrogens is 2. The van der Waals surface area contributed by atoms with E-state index in [1.54, 1.807) is 12.1 Å². The summed E-state index contributed by atoms with van der Waals surface area (Å²) in [6.07, 6.45) is 0.582. The number of rotatable bonds is 9. The van der Waals surface area contributed by atoms with Crippen molar-refractivity contribution in [2.45, 2.75) is 13.0 Å². The SMILES string of the molecule is COc1cc(C(=O)NCCc2nc3ccccc3n2Cc2ccc3ccccc3c2)cc(OC)c1OC. The fraction of sp³-hybridized carbons (Fsp3) is 0.200. The first kappa shape index (κ1) is 24.2. The number of carbonyl (C=O) groups excluding carboxylic acids is 1. The smallest absolute Gasteiger partial charge is 0.251 e. The standard InChI is InChI=1S/C30H29N3O4/c1-35-26-17-23(18-27(36-2)29(26)37-3)30(34)31-15-14-28-32-24-10-6-7-11-25(24)33(28)19-20-12-13-21-8-4-5-9-22(21)16-20/h4-13,16-18H,14-15,19H2,1-3H3,(H,31,34). The van der Waals surface area contributed by atoms with Gasteiger partial charge in [-0.2, -0.15) is 0 Å². The third kappa shape index (κ3) is 4.93. The van der Waals surface area contributed by atoms with Gasteiger partial charge in [-0.3, -0.25) is 4.79 Å². The van der Waals surface area contributed by atoms with E-state index in [-0.39, 0.29) is 5.91 Å². The summed E-state index contributed by atoms with van der Waals surface area (Å²) in [4.78, 5) is 17.8. The number of ether oxygens (including phenoxy) is 3. The van der Waals surface area contributed by atoms with Crippen molar-refractivity contribution in [3.63, 3.8) is 0 Å². The zero-order valence-corrected chi connectivity index (χ0v) is 21.2. The van der Waals surface area contributed by atoms with E-state index in [4.69, 9.17) is 19.2 Å². The molecule has 0 spiro atoms. The van der Waals surface area contributed by atoms with Gasteiger partial charge in [0.25, 0.3) is 5.91 Å². The number of hydrogen-bond acceptors (Lipinski definition) is 5. The Labute approximate surface area is 215 Å². The van der Waals surface area contributed by atoms with Crippen LogP contribution in [0.25, 0.3) is 21.8 Å². The average molecular weight is 496 g/mol. The maximum atomic E-state index is 13.0. The number of nitrogens with zero attached hydrogens (tertiary/aromatic N) is 2. The normalized spacial score (nSPS) is 11.0. The van der Waals surface area contributed by atoms with Crippen LogP contribution in [-0.4, -0.2) is 43.3 Å². The lowest BCUT2D eigenvalue weighted by Crippen LogP contribution is -2.26. The van der Waals surface area contributed by atoms with Gasteiger partial charge in [-0.05, 0) is 46.7 Å². The van der Waals surface area contributed by atoms with Crippen molar-refractivity contribution in [3.05, 3.63) is 95.8 Å². The van der Waals surface area contributed by atoms with E-state index in [1.807, 2.05) is 18.2 Å². The van der Waals surface area contributed by atoms with E-state index in [9.17, 15) is 4.79 Å². The van der Waals surface area contributed by atoms with Gasteiger partial charge in [0.15, 0.2) is 11.5 Å². The van der Waals surface area contributed by atoms with Crippen molar-refractivity contribution in [1.82, 2.24) is 14.9 Å². The molecule has 1 N–H and O–H groups in total. The summed E-state index contributed by atoms with van der Waals surface area (Å²) in [6, 6.07) is 26.3. The molecule has 0 atom stereocenters. The fourth-order valence-electron chi connectivity index (χ4n) is 4.61. The molecule has 0 saturated heterocycles. The summed E-state index contributed by atoms with van der Waals surface area (Å²) in [6.45, 7) is 1.12. The second-order valence-corrected chi connectivity index (χ2v) is 8.70. The van der Waals surface area contributed by atoms with Crippen LogP contribution in [0.2, 0.25) is 0 Å². The third-order valence-corrected chi connectivity index (χ3v) is 6.45. The highest BCUT2D eigenvalue weighted by Gasteiger charge is 2.17.